The highest BCUT2D eigenvalue weighted by Gasteiger charge is 1.73. The van der Waals surface area contributed by atoms with Crippen LogP contribution < -0.4 is 0 Å². The number of allylic oxidation sites excluding steroid dienone is 2. The first-order valence-corrected chi connectivity index (χ1v) is 2.48. The van der Waals surface area contributed by atoms with Crippen molar-refractivity contribution in [2.24, 2.45) is 5.18 Å². The lowest BCUT2D eigenvalue weighted by Gasteiger charge is -1.76. The maximum absolute atomic E-state index is 9.46. The van der Waals surface area contributed by atoms with Crippen molar-refractivity contribution >= 4 is 0 Å². The monoisotopic (exact) mass is 111 g/mol. The summed E-state index contributed by atoms with van der Waals surface area (Å²) in [5.74, 6) is 0. The number of hydrogen-bond acceptors (Lipinski definition) is 2. The Morgan fingerprint density at radius 2 is 2.38 bits per heavy atom. The fourth-order valence-corrected chi connectivity index (χ4v) is 0.320. The summed E-state index contributed by atoms with van der Waals surface area (Å²) in [6, 6.07) is 0. The molecule has 0 saturated heterocycles. The number of rotatable bonds is 4. The molecular weight excluding hydrogens is 102 g/mol. The summed E-state index contributed by atoms with van der Waals surface area (Å²) in [5.41, 5.74) is 0. The molecule has 0 radical (unpaired) electrons. The average Bonchev–Trinajstić information content (AvgIpc) is 1.81. The van der Waals surface area contributed by atoms with E-state index in [-0.39, 0.29) is 0 Å². The number of nitroso groups, excluding NO2 is 1. The Bertz CT molecular complexity index is 96.7. The van der Waals surface area contributed by atoms with Crippen LogP contribution in [0.3, 0.4) is 0 Å². The van der Waals surface area contributed by atoms with E-state index in [1.807, 2.05) is 6.08 Å². The summed E-state index contributed by atoms with van der Waals surface area (Å²) in [6.45, 7) is 3.83. The molecule has 44 valence electrons. The summed E-state index contributed by atoms with van der Waals surface area (Å²) >= 11 is 0. The van der Waals surface area contributed by atoms with Gasteiger partial charge in [-0.1, -0.05) is 30.0 Å². The van der Waals surface area contributed by atoms with Gasteiger partial charge in [0.05, 0.1) is 6.54 Å². The zero-order valence-electron chi connectivity index (χ0n) is 4.71. The lowest BCUT2D eigenvalue weighted by Crippen LogP contribution is -1.70. The standard InChI is InChI=1S/C6H9NO/c1-2-3-4-5-6-7-8/h2-4H,1,5-6H2/b4-3+. The Morgan fingerprint density at radius 1 is 1.62 bits per heavy atom. The van der Waals surface area contributed by atoms with E-state index in [4.69, 9.17) is 0 Å². The predicted octanol–water partition coefficient (Wildman–Crippen LogP) is 1.89. The van der Waals surface area contributed by atoms with Gasteiger partial charge in [-0.2, -0.15) is 4.91 Å². The molecule has 0 saturated carbocycles. The van der Waals surface area contributed by atoms with Crippen molar-refractivity contribution < 1.29 is 0 Å². The van der Waals surface area contributed by atoms with E-state index in [9.17, 15) is 4.91 Å². The molecule has 0 rings (SSSR count). The first-order chi connectivity index (χ1) is 3.91. The molecule has 0 aliphatic rings. The van der Waals surface area contributed by atoms with Gasteiger partial charge in [0, 0.05) is 0 Å². The SMILES string of the molecule is C=C/C=C/CCN=O. The van der Waals surface area contributed by atoms with E-state index in [1.165, 1.54) is 0 Å². The van der Waals surface area contributed by atoms with Crippen LogP contribution in [0, 0.1) is 4.91 Å². The molecule has 0 amide bonds. The zero-order valence-corrected chi connectivity index (χ0v) is 4.71. The van der Waals surface area contributed by atoms with Gasteiger partial charge in [0.25, 0.3) is 0 Å². The van der Waals surface area contributed by atoms with Crippen molar-refractivity contribution in [1.29, 1.82) is 0 Å². The minimum atomic E-state index is 0.365. The second kappa shape index (κ2) is 6.08. The molecule has 0 aromatic rings. The van der Waals surface area contributed by atoms with Crippen LogP contribution in [0.15, 0.2) is 30.0 Å². The molecule has 2 heteroatoms. The van der Waals surface area contributed by atoms with Crippen LogP contribution >= 0.6 is 0 Å². The molecule has 0 aromatic heterocycles. The quantitative estimate of drug-likeness (QED) is 0.309. The van der Waals surface area contributed by atoms with Gasteiger partial charge >= 0.3 is 0 Å². The Kier molecular flexibility index (Phi) is 5.38. The van der Waals surface area contributed by atoms with Crippen LogP contribution in [-0.2, 0) is 0 Å². The van der Waals surface area contributed by atoms with Crippen LogP contribution in [0.25, 0.3) is 0 Å². The van der Waals surface area contributed by atoms with Gasteiger partial charge in [0.15, 0.2) is 0 Å². The molecule has 0 aliphatic heterocycles. The lowest BCUT2D eigenvalue weighted by atomic mass is 10.4. The molecule has 0 N–H and O–H groups in total. The molecule has 0 fully saturated rings. The van der Waals surface area contributed by atoms with E-state index in [0.29, 0.717) is 6.54 Å². The van der Waals surface area contributed by atoms with Crippen molar-refractivity contribution in [2.75, 3.05) is 6.54 Å². The van der Waals surface area contributed by atoms with E-state index in [2.05, 4.69) is 11.8 Å². The molecular formula is C6H9NO. The Balaban J connectivity index is 3.02. The van der Waals surface area contributed by atoms with Gasteiger partial charge in [0.1, 0.15) is 0 Å². The molecule has 0 heterocycles. The maximum Gasteiger partial charge on any atom is 0.0845 e. The van der Waals surface area contributed by atoms with E-state index >= 15 is 0 Å². The predicted molar refractivity (Wildman–Crippen MR) is 34.6 cm³/mol. The van der Waals surface area contributed by atoms with E-state index in [1.54, 1.807) is 12.2 Å². The molecule has 8 heavy (non-hydrogen) atoms. The topological polar surface area (TPSA) is 29.4 Å². The summed E-state index contributed by atoms with van der Waals surface area (Å²) < 4.78 is 0. The molecule has 2 nitrogen and oxygen atoms in total. The van der Waals surface area contributed by atoms with Crippen molar-refractivity contribution in [2.45, 2.75) is 6.42 Å². The highest BCUT2D eigenvalue weighted by Crippen LogP contribution is 1.82. The lowest BCUT2D eigenvalue weighted by molar-refractivity contribution is 0.997. The Morgan fingerprint density at radius 3 is 2.88 bits per heavy atom. The van der Waals surface area contributed by atoms with Crippen LogP contribution in [0.5, 0.6) is 0 Å². The summed E-state index contributed by atoms with van der Waals surface area (Å²) in [7, 11) is 0. The largest absolute Gasteiger partial charge is 0.151 e. The molecule has 0 bridgehead atoms. The van der Waals surface area contributed by atoms with Gasteiger partial charge < -0.3 is 0 Å². The van der Waals surface area contributed by atoms with Crippen molar-refractivity contribution in [3.63, 3.8) is 0 Å². The second-order valence-electron chi connectivity index (χ2n) is 1.31. The molecule has 0 unspecified atom stereocenters. The summed E-state index contributed by atoms with van der Waals surface area (Å²) in [4.78, 5) is 9.46. The van der Waals surface area contributed by atoms with Crippen LogP contribution in [0.2, 0.25) is 0 Å². The minimum Gasteiger partial charge on any atom is -0.151 e. The smallest absolute Gasteiger partial charge is 0.0845 e. The molecule has 0 aromatic carbocycles. The third-order valence-electron chi connectivity index (χ3n) is 0.659. The zero-order chi connectivity index (χ0) is 6.24. The van der Waals surface area contributed by atoms with Gasteiger partial charge in [-0.15, -0.1) is 0 Å². The maximum atomic E-state index is 9.46. The molecule has 0 atom stereocenters. The van der Waals surface area contributed by atoms with Crippen LogP contribution in [-0.4, -0.2) is 6.54 Å². The van der Waals surface area contributed by atoms with Crippen molar-refractivity contribution in [3.8, 4) is 0 Å². The van der Waals surface area contributed by atoms with Gasteiger partial charge in [-0.05, 0) is 6.42 Å². The van der Waals surface area contributed by atoms with E-state index in [0.717, 1.165) is 6.42 Å². The molecule has 0 spiro atoms. The third kappa shape index (κ3) is 5.08. The fourth-order valence-electron chi connectivity index (χ4n) is 0.320. The molecule has 0 aliphatic carbocycles. The normalized spacial score (nSPS) is 9.50. The van der Waals surface area contributed by atoms with Gasteiger partial charge in [0.2, 0.25) is 0 Å². The third-order valence-corrected chi connectivity index (χ3v) is 0.659. The average molecular weight is 111 g/mol. The highest BCUT2D eigenvalue weighted by molar-refractivity contribution is 4.96. The Hall–Kier alpha value is -0.920. The van der Waals surface area contributed by atoms with Crippen molar-refractivity contribution in [3.05, 3.63) is 29.7 Å². The first-order valence-electron chi connectivity index (χ1n) is 2.48. The second-order valence-corrected chi connectivity index (χ2v) is 1.31. The Labute approximate surface area is 48.9 Å². The van der Waals surface area contributed by atoms with Crippen LogP contribution in [0.1, 0.15) is 6.42 Å². The first kappa shape index (κ1) is 7.08. The van der Waals surface area contributed by atoms with Crippen LogP contribution in [0.4, 0.5) is 0 Å². The number of nitrogens with zero attached hydrogens (tertiary/aromatic N) is 1. The van der Waals surface area contributed by atoms with E-state index < -0.39 is 0 Å². The summed E-state index contributed by atoms with van der Waals surface area (Å²) in [5, 5.41) is 2.67. The highest BCUT2D eigenvalue weighted by atomic mass is 16.3. The van der Waals surface area contributed by atoms with Crippen molar-refractivity contribution in [1.82, 2.24) is 0 Å². The van der Waals surface area contributed by atoms with Gasteiger partial charge in [-0.25, -0.2) is 0 Å². The number of hydrogen-bond donors (Lipinski definition) is 0. The fraction of sp³-hybridized carbons (Fsp3) is 0.333. The minimum absolute atomic E-state index is 0.365. The summed E-state index contributed by atoms with van der Waals surface area (Å²) in [6.07, 6.45) is 6.04. The van der Waals surface area contributed by atoms with Gasteiger partial charge in [-0.3, -0.25) is 0 Å².